The van der Waals surface area contributed by atoms with E-state index in [0.29, 0.717) is 5.92 Å². The third kappa shape index (κ3) is 3.16. The van der Waals surface area contributed by atoms with Crippen molar-refractivity contribution in [2.45, 2.75) is 88.8 Å². The molecule has 1 aliphatic heterocycles. The van der Waals surface area contributed by atoms with Crippen molar-refractivity contribution in [3.63, 3.8) is 0 Å². The van der Waals surface area contributed by atoms with E-state index >= 15 is 0 Å². The van der Waals surface area contributed by atoms with Gasteiger partial charge in [-0.1, -0.05) is 38.5 Å². The van der Waals surface area contributed by atoms with Crippen LogP contribution in [0.15, 0.2) is 0 Å². The van der Waals surface area contributed by atoms with Crippen LogP contribution in [0.2, 0.25) is 0 Å². The lowest BCUT2D eigenvalue weighted by Crippen LogP contribution is -2.44. The van der Waals surface area contributed by atoms with Crippen LogP contribution in [0.1, 0.15) is 77.0 Å². The van der Waals surface area contributed by atoms with Crippen LogP contribution in [0.25, 0.3) is 0 Å². The molecule has 3 rings (SSSR count). The quantitative estimate of drug-likeness (QED) is 0.725. The van der Waals surface area contributed by atoms with Gasteiger partial charge in [-0.3, -0.25) is 0 Å². The van der Waals surface area contributed by atoms with Gasteiger partial charge in [0.15, 0.2) is 0 Å². The highest BCUT2D eigenvalue weighted by Crippen LogP contribution is 2.45. The number of hydrogen-bond acceptors (Lipinski definition) is 2. The number of aliphatic hydroxyl groups is 1. The molecule has 2 heteroatoms. The molecule has 0 amide bonds. The fourth-order valence-electron chi connectivity index (χ4n) is 4.84. The van der Waals surface area contributed by atoms with Crippen molar-refractivity contribution in [1.82, 2.24) is 0 Å². The third-order valence-corrected chi connectivity index (χ3v) is 5.93. The van der Waals surface area contributed by atoms with Crippen molar-refractivity contribution in [3.05, 3.63) is 0 Å². The van der Waals surface area contributed by atoms with Gasteiger partial charge in [0, 0.05) is 6.61 Å². The molecule has 0 bridgehead atoms. The molecule has 19 heavy (non-hydrogen) atoms. The second kappa shape index (κ2) is 6.13. The summed E-state index contributed by atoms with van der Waals surface area (Å²) >= 11 is 0. The minimum absolute atomic E-state index is 0.0359. The van der Waals surface area contributed by atoms with Crippen molar-refractivity contribution in [3.8, 4) is 0 Å². The molecule has 2 nitrogen and oxygen atoms in total. The smallest absolute Gasteiger partial charge is 0.0685 e. The van der Waals surface area contributed by atoms with Crippen LogP contribution >= 0.6 is 0 Å². The van der Waals surface area contributed by atoms with Gasteiger partial charge in [-0.15, -0.1) is 0 Å². The Kier molecular flexibility index (Phi) is 4.48. The molecule has 3 unspecified atom stereocenters. The third-order valence-electron chi connectivity index (χ3n) is 5.93. The average Bonchev–Trinajstić information content (AvgIpc) is 2.64. The standard InChI is InChI=1S/C17H30O2/c18-16-8-4-1-3-7-15(16)14-9-12-19-17(13-14)10-5-2-6-11-17/h14-16,18H,1-13H2. The van der Waals surface area contributed by atoms with Crippen LogP contribution in [0.5, 0.6) is 0 Å². The zero-order valence-electron chi connectivity index (χ0n) is 12.3. The number of hydrogen-bond donors (Lipinski definition) is 1. The van der Waals surface area contributed by atoms with E-state index in [1.807, 2.05) is 0 Å². The van der Waals surface area contributed by atoms with E-state index in [2.05, 4.69) is 0 Å². The van der Waals surface area contributed by atoms with Gasteiger partial charge < -0.3 is 9.84 Å². The first-order chi connectivity index (χ1) is 9.29. The van der Waals surface area contributed by atoms with E-state index in [9.17, 15) is 5.11 Å². The number of ether oxygens (including phenoxy) is 1. The van der Waals surface area contributed by atoms with Crippen LogP contribution < -0.4 is 0 Å². The Balaban J connectivity index is 1.66. The highest BCUT2D eigenvalue weighted by Gasteiger charge is 2.42. The summed E-state index contributed by atoms with van der Waals surface area (Å²) < 4.78 is 6.21. The SMILES string of the molecule is OC1CCCCCC1C1CCOC2(CCCCC2)C1. The van der Waals surface area contributed by atoms with Crippen molar-refractivity contribution >= 4 is 0 Å². The molecule has 3 fully saturated rings. The molecule has 1 spiro atoms. The summed E-state index contributed by atoms with van der Waals surface area (Å²) in [5, 5.41) is 10.4. The van der Waals surface area contributed by atoms with Crippen LogP contribution in [0.3, 0.4) is 0 Å². The van der Waals surface area contributed by atoms with Crippen molar-refractivity contribution in [1.29, 1.82) is 0 Å². The van der Waals surface area contributed by atoms with Crippen molar-refractivity contribution < 1.29 is 9.84 Å². The van der Waals surface area contributed by atoms with Gasteiger partial charge in [-0.2, -0.15) is 0 Å². The van der Waals surface area contributed by atoms with E-state index in [1.165, 1.54) is 70.6 Å². The summed E-state index contributed by atoms with van der Waals surface area (Å²) in [5.41, 5.74) is 0.202. The van der Waals surface area contributed by atoms with Gasteiger partial charge in [0.2, 0.25) is 0 Å². The Bertz CT molecular complexity index is 277. The average molecular weight is 266 g/mol. The first-order valence-electron chi connectivity index (χ1n) is 8.61. The summed E-state index contributed by atoms with van der Waals surface area (Å²) in [4.78, 5) is 0. The number of rotatable bonds is 1. The van der Waals surface area contributed by atoms with Crippen LogP contribution in [0.4, 0.5) is 0 Å². The molecule has 1 saturated heterocycles. The lowest BCUT2D eigenvalue weighted by Gasteiger charge is -2.46. The molecule has 3 aliphatic rings. The Morgan fingerprint density at radius 2 is 1.58 bits per heavy atom. The van der Waals surface area contributed by atoms with E-state index in [1.54, 1.807) is 0 Å². The maximum Gasteiger partial charge on any atom is 0.0685 e. The fourth-order valence-corrected chi connectivity index (χ4v) is 4.84. The highest BCUT2D eigenvalue weighted by atomic mass is 16.5. The largest absolute Gasteiger partial charge is 0.393 e. The first-order valence-corrected chi connectivity index (χ1v) is 8.61. The summed E-state index contributed by atoms with van der Waals surface area (Å²) in [6.07, 6.45) is 15.2. The van der Waals surface area contributed by atoms with E-state index < -0.39 is 0 Å². The second-order valence-electron chi connectivity index (χ2n) is 7.21. The Labute approximate surface area is 117 Å². The van der Waals surface area contributed by atoms with Crippen LogP contribution in [-0.2, 0) is 4.74 Å². The first kappa shape index (κ1) is 13.9. The summed E-state index contributed by atoms with van der Waals surface area (Å²) in [5.74, 6) is 1.28. The predicted octanol–water partition coefficient (Wildman–Crippen LogP) is 4.06. The zero-order valence-corrected chi connectivity index (χ0v) is 12.3. The lowest BCUT2D eigenvalue weighted by atomic mass is 9.70. The van der Waals surface area contributed by atoms with Crippen molar-refractivity contribution in [2.24, 2.45) is 11.8 Å². The van der Waals surface area contributed by atoms with Crippen LogP contribution in [0, 0.1) is 11.8 Å². The molecule has 0 aromatic rings. The monoisotopic (exact) mass is 266 g/mol. The molecule has 0 radical (unpaired) electrons. The van der Waals surface area contributed by atoms with E-state index in [4.69, 9.17) is 4.74 Å². The molecule has 1 N–H and O–H groups in total. The minimum atomic E-state index is -0.0359. The fraction of sp³-hybridized carbons (Fsp3) is 1.00. The molecule has 3 atom stereocenters. The molecule has 0 aromatic heterocycles. The van der Waals surface area contributed by atoms with Gasteiger partial charge in [0.25, 0.3) is 0 Å². The molecule has 110 valence electrons. The van der Waals surface area contributed by atoms with Gasteiger partial charge >= 0.3 is 0 Å². The Hall–Kier alpha value is -0.0800. The summed E-state index contributed by atoms with van der Waals surface area (Å²) in [6.45, 7) is 0.938. The second-order valence-corrected chi connectivity index (χ2v) is 7.21. The van der Waals surface area contributed by atoms with E-state index in [-0.39, 0.29) is 11.7 Å². The van der Waals surface area contributed by atoms with Gasteiger partial charge in [0.05, 0.1) is 11.7 Å². The molecule has 2 saturated carbocycles. The number of aliphatic hydroxyl groups excluding tert-OH is 1. The summed E-state index contributed by atoms with van der Waals surface area (Å²) in [7, 11) is 0. The van der Waals surface area contributed by atoms with Gasteiger partial charge in [-0.25, -0.2) is 0 Å². The molecule has 1 heterocycles. The van der Waals surface area contributed by atoms with Gasteiger partial charge in [-0.05, 0) is 50.4 Å². The molecule has 0 aromatic carbocycles. The maximum absolute atomic E-state index is 10.4. The Morgan fingerprint density at radius 3 is 2.42 bits per heavy atom. The topological polar surface area (TPSA) is 29.5 Å². The highest BCUT2D eigenvalue weighted by molar-refractivity contribution is 4.93. The van der Waals surface area contributed by atoms with Gasteiger partial charge in [0.1, 0.15) is 0 Å². The Morgan fingerprint density at radius 1 is 0.842 bits per heavy atom. The predicted molar refractivity (Wildman–Crippen MR) is 77.1 cm³/mol. The zero-order chi connectivity index (χ0) is 13.1. The maximum atomic E-state index is 10.4. The minimum Gasteiger partial charge on any atom is -0.393 e. The van der Waals surface area contributed by atoms with Crippen molar-refractivity contribution in [2.75, 3.05) is 6.61 Å². The lowest BCUT2D eigenvalue weighted by molar-refractivity contribution is -0.132. The van der Waals surface area contributed by atoms with Crippen LogP contribution in [-0.4, -0.2) is 23.4 Å². The molecular formula is C17H30O2. The normalized spacial score (nSPS) is 39.9. The molecule has 2 aliphatic carbocycles. The van der Waals surface area contributed by atoms with E-state index in [0.717, 1.165) is 18.9 Å². The molecular weight excluding hydrogens is 236 g/mol. The summed E-state index contributed by atoms with van der Waals surface area (Å²) in [6, 6.07) is 0.